The molecule has 4 fully saturated rings. The highest BCUT2D eigenvalue weighted by Gasteiger charge is 2.58. The number of carbonyl (C=O) groups excluding carboxylic acids is 1. The fraction of sp³-hybridized carbons (Fsp3) is 0.524. The van der Waals surface area contributed by atoms with Crippen molar-refractivity contribution in [1.82, 2.24) is 4.98 Å². The van der Waals surface area contributed by atoms with Gasteiger partial charge < -0.3 is 5.32 Å². The summed E-state index contributed by atoms with van der Waals surface area (Å²) in [7, 11) is 0. The third-order valence-corrected chi connectivity index (χ3v) is 7.47. The summed E-state index contributed by atoms with van der Waals surface area (Å²) in [6.07, 6.45) is 10.1. The van der Waals surface area contributed by atoms with E-state index in [2.05, 4.69) is 40.6 Å². The summed E-state index contributed by atoms with van der Waals surface area (Å²) in [4.78, 5) is 16.9. The highest BCUT2D eigenvalue weighted by molar-refractivity contribution is 7.13. The van der Waals surface area contributed by atoms with Crippen molar-refractivity contribution in [3.63, 3.8) is 0 Å². The van der Waals surface area contributed by atoms with Crippen molar-refractivity contribution in [3.05, 3.63) is 47.5 Å². The second kappa shape index (κ2) is 5.66. The van der Waals surface area contributed by atoms with Gasteiger partial charge in [-0.05, 0) is 66.8 Å². The van der Waals surface area contributed by atoms with Crippen molar-refractivity contribution >= 4 is 22.4 Å². The molecule has 1 heterocycles. The first-order valence-electron chi connectivity index (χ1n) is 9.40. The molecule has 0 aliphatic heterocycles. The van der Waals surface area contributed by atoms with Crippen molar-refractivity contribution < 1.29 is 4.79 Å². The molecular weight excluding hydrogens is 328 g/mol. The third kappa shape index (κ3) is 2.71. The van der Waals surface area contributed by atoms with E-state index in [-0.39, 0.29) is 11.3 Å². The second-order valence-electron chi connectivity index (χ2n) is 8.67. The van der Waals surface area contributed by atoms with E-state index in [0.29, 0.717) is 11.8 Å². The number of nitrogens with one attached hydrogen (secondary N) is 1. The molecule has 4 aliphatic rings. The standard InChI is InChI=1S/C21H24N2OS/c24-18(23-19-22-6-7-25-19)13-20-9-15-8-16(10-20)12-21(11-15,14-20)17-4-2-1-3-5-17/h1-7,15-16H,8-14H2,(H,22,23,24)/t15-,16-,20?,21?/m1/s1. The number of amides is 1. The maximum atomic E-state index is 12.7. The van der Waals surface area contributed by atoms with Crippen LogP contribution in [0.4, 0.5) is 5.13 Å². The van der Waals surface area contributed by atoms with Crippen LogP contribution in [0, 0.1) is 17.3 Å². The molecule has 2 aromatic rings. The SMILES string of the molecule is O=C(CC12C[C@H]3C[C@H](C1)CC(c1ccccc1)(C3)C2)Nc1nccs1. The van der Waals surface area contributed by atoms with Crippen LogP contribution in [-0.4, -0.2) is 10.9 Å². The van der Waals surface area contributed by atoms with Crippen LogP contribution in [0.2, 0.25) is 0 Å². The Bertz CT molecular complexity index is 756. The summed E-state index contributed by atoms with van der Waals surface area (Å²) < 4.78 is 0. The molecule has 3 nitrogen and oxygen atoms in total. The Kier molecular flexibility index (Phi) is 3.53. The number of benzene rings is 1. The van der Waals surface area contributed by atoms with Crippen LogP contribution in [0.15, 0.2) is 41.9 Å². The van der Waals surface area contributed by atoms with E-state index in [1.807, 2.05) is 5.38 Å². The van der Waals surface area contributed by atoms with Gasteiger partial charge in [-0.2, -0.15) is 0 Å². The number of anilines is 1. The molecule has 1 amide bonds. The van der Waals surface area contributed by atoms with Crippen LogP contribution in [0.25, 0.3) is 0 Å². The zero-order valence-corrected chi connectivity index (χ0v) is 15.2. The Hall–Kier alpha value is -1.68. The average molecular weight is 353 g/mol. The van der Waals surface area contributed by atoms with Crippen molar-refractivity contribution in [2.75, 3.05) is 5.32 Å². The average Bonchev–Trinajstić information content (AvgIpc) is 3.06. The third-order valence-electron chi connectivity index (χ3n) is 6.78. The molecule has 0 spiro atoms. The molecule has 4 heteroatoms. The van der Waals surface area contributed by atoms with Gasteiger partial charge in [0, 0.05) is 18.0 Å². The predicted octanol–water partition coefficient (Wildman–Crippen LogP) is 5.01. The molecule has 0 saturated heterocycles. The molecule has 6 rings (SSSR count). The van der Waals surface area contributed by atoms with Gasteiger partial charge in [-0.25, -0.2) is 4.98 Å². The van der Waals surface area contributed by atoms with Crippen molar-refractivity contribution in [1.29, 1.82) is 0 Å². The van der Waals surface area contributed by atoms with E-state index in [1.54, 1.807) is 6.20 Å². The van der Waals surface area contributed by atoms with E-state index in [9.17, 15) is 4.79 Å². The number of rotatable bonds is 4. The van der Waals surface area contributed by atoms with Gasteiger partial charge in [0.05, 0.1) is 0 Å². The molecule has 4 aliphatic carbocycles. The fourth-order valence-electron chi connectivity index (χ4n) is 6.58. The van der Waals surface area contributed by atoms with Gasteiger partial charge in [-0.3, -0.25) is 4.79 Å². The predicted molar refractivity (Wildman–Crippen MR) is 101 cm³/mol. The lowest BCUT2D eigenvalue weighted by atomic mass is 9.42. The maximum Gasteiger partial charge on any atom is 0.226 e. The number of nitrogens with zero attached hydrogens (tertiary/aromatic N) is 1. The summed E-state index contributed by atoms with van der Waals surface area (Å²) in [5.74, 6) is 1.75. The van der Waals surface area contributed by atoms with Gasteiger partial charge in [0.25, 0.3) is 0 Å². The minimum atomic E-state index is 0.153. The van der Waals surface area contributed by atoms with Gasteiger partial charge in [-0.15, -0.1) is 11.3 Å². The Morgan fingerprint density at radius 3 is 2.60 bits per heavy atom. The molecule has 4 bridgehead atoms. The van der Waals surface area contributed by atoms with E-state index in [1.165, 1.54) is 55.4 Å². The summed E-state index contributed by atoms with van der Waals surface area (Å²) in [6, 6.07) is 11.1. The van der Waals surface area contributed by atoms with Crippen LogP contribution in [-0.2, 0) is 10.2 Å². The molecule has 4 saturated carbocycles. The lowest BCUT2D eigenvalue weighted by molar-refractivity contribution is -0.126. The van der Waals surface area contributed by atoms with Gasteiger partial charge in [0.15, 0.2) is 5.13 Å². The van der Waals surface area contributed by atoms with E-state index in [0.717, 1.165) is 17.0 Å². The van der Waals surface area contributed by atoms with Crippen LogP contribution in [0.5, 0.6) is 0 Å². The number of aromatic nitrogens is 1. The number of carbonyl (C=O) groups is 1. The summed E-state index contributed by atoms with van der Waals surface area (Å²) in [6.45, 7) is 0. The molecule has 1 aromatic heterocycles. The molecule has 1 N–H and O–H groups in total. The first-order valence-corrected chi connectivity index (χ1v) is 10.3. The largest absolute Gasteiger partial charge is 0.302 e. The van der Waals surface area contributed by atoms with Gasteiger partial charge in [0.2, 0.25) is 5.91 Å². The van der Waals surface area contributed by atoms with Gasteiger partial charge in [0.1, 0.15) is 0 Å². The van der Waals surface area contributed by atoms with Gasteiger partial charge >= 0.3 is 0 Å². The normalized spacial score (nSPS) is 35.7. The van der Waals surface area contributed by atoms with Crippen molar-refractivity contribution in [2.45, 2.75) is 50.4 Å². The first-order chi connectivity index (χ1) is 12.1. The fourth-order valence-corrected chi connectivity index (χ4v) is 7.12. The minimum Gasteiger partial charge on any atom is -0.302 e. The number of hydrogen-bond donors (Lipinski definition) is 1. The molecule has 2 atom stereocenters. The first kappa shape index (κ1) is 15.6. The Morgan fingerprint density at radius 1 is 1.16 bits per heavy atom. The monoisotopic (exact) mass is 352 g/mol. The van der Waals surface area contributed by atoms with E-state index < -0.39 is 0 Å². The summed E-state index contributed by atoms with van der Waals surface area (Å²) >= 11 is 1.50. The molecule has 0 radical (unpaired) electrons. The molecule has 1 aromatic carbocycles. The zero-order chi connectivity index (χ0) is 16.9. The topological polar surface area (TPSA) is 42.0 Å². The van der Waals surface area contributed by atoms with Crippen molar-refractivity contribution in [3.8, 4) is 0 Å². The second-order valence-corrected chi connectivity index (χ2v) is 9.56. The van der Waals surface area contributed by atoms with Crippen LogP contribution in [0.1, 0.15) is 50.5 Å². The Morgan fingerprint density at radius 2 is 1.92 bits per heavy atom. The smallest absolute Gasteiger partial charge is 0.226 e. The maximum absolute atomic E-state index is 12.7. The lowest BCUT2D eigenvalue weighted by Gasteiger charge is -2.62. The Labute approximate surface area is 152 Å². The quantitative estimate of drug-likeness (QED) is 0.840. The van der Waals surface area contributed by atoms with Gasteiger partial charge in [-0.1, -0.05) is 30.3 Å². The van der Waals surface area contributed by atoms with E-state index in [4.69, 9.17) is 0 Å². The van der Waals surface area contributed by atoms with Crippen LogP contribution < -0.4 is 5.32 Å². The lowest BCUT2D eigenvalue weighted by Crippen LogP contribution is -2.54. The van der Waals surface area contributed by atoms with Crippen LogP contribution in [0.3, 0.4) is 0 Å². The molecule has 130 valence electrons. The summed E-state index contributed by atoms with van der Waals surface area (Å²) in [5, 5.41) is 5.65. The van der Waals surface area contributed by atoms with Crippen molar-refractivity contribution in [2.24, 2.45) is 17.3 Å². The highest BCUT2D eigenvalue weighted by atomic mass is 32.1. The number of hydrogen-bond acceptors (Lipinski definition) is 3. The minimum absolute atomic E-state index is 0.153. The zero-order valence-electron chi connectivity index (χ0n) is 14.4. The van der Waals surface area contributed by atoms with E-state index >= 15 is 0 Å². The molecular formula is C21H24N2OS. The number of thiazole rings is 1. The highest BCUT2D eigenvalue weighted by Crippen LogP contribution is 2.66. The summed E-state index contributed by atoms with van der Waals surface area (Å²) in [5.41, 5.74) is 2.02. The molecule has 25 heavy (non-hydrogen) atoms. The molecule has 0 unspecified atom stereocenters. The van der Waals surface area contributed by atoms with Crippen LogP contribution >= 0.6 is 11.3 Å². The Balaban J connectivity index is 1.41.